The van der Waals surface area contributed by atoms with E-state index in [0.717, 1.165) is 41.0 Å². The van der Waals surface area contributed by atoms with Crippen molar-refractivity contribution in [1.29, 1.82) is 0 Å². The maximum absolute atomic E-state index is 12.6. The van der Waals surface area contributed by atoms with Gasteiger partial charge in [-0.3, -0.25) is 14.0 Å². The molecule has 4 aromatic heterocycles. The van der Waals surface area contributed by atoms with Crippen LogP contribution >= 0.6 is 23.1 Å². The second kappa shape index (κ2) is 8.80. The average molecular weight is 455 g/mol. The number of hydrogen-bond acceptors (Lipinski definition) is 7. The summed E-state index contributed by atoms with van der Waals surface area (Å²) < 4.78 is 1.92. The van der Waals surface area contributed by atoms with E-state index in [4.69, 9.17) is 0 Å². The average Bonchev–Trinajstić information content (AvgIpc) is 3.35. The maximum Gasteiger partial charge on any atom is 0.259 e. The molecule has 4 aromatic rings. The Morgan fingerprint density at radius 3 is 3.10 bits per heavy atom. The third kappa shape index (κ3) is 4.22. The van der Waals surface area contributed by atoms with Gasteiger partial charge in [0.05, 0.1) is 16.9 Å². The molecule has 0 fully saturated rings. The number of carbonyl (C=O) groups excluding carboxylic acids is 1. The lowest BCUT2D eigenvalue weighted by atomic mass is 9.97. The Morgan fingerprint density at radius 1 is 1.26 bits per heavy atom. The molecule has 31 heavy (non-hydrogen) atoms. The molecule has 0 spiro atoms. The lowest BCUT2D eigenvalue weighted by Crippen LogP contribution is -2.27. The number of thioether (sulfide) groups is 1. The fourth-order valence-electron chi connectivity index (χ4n) is 3.94. The number of fused-ring (bicyclic) bond motifs is 4. The Balaban J connectivity index is 1.13. The molecule has 0 unspecified atom stereocenters. The van der Waals surface area contributed by atoms with Crippen LogP contribution in [0.2, 0.25) is 0 Å². The van der Waals surface area contributed by atoms with Crippen molar-refractivity contribution in [3.05, 3.63) is 56.8 Å². The summed E-state index contributed by atoms with van der Waals surface area (Å²) in [4.78, 5) is 34.5. The summed E-state index contributed by atoms with van der Waals surface area (Å²) in [5, 5.41) is 12.0. The maximum atomic E-state index is 12.6. The molecule has 0 aromatic carbocycles. The number of thiophene rings is 1. The summed E-state index contributed by atoms with van der Waals surface area (Å²) in [7, 11) is 0. The number of hydrogen-bond donors (Lipinski definition) is 2. The molecule has 4 heterocycles. The Kier molecular flexibility index (Phi) is 5.73. The van der Waals surface area contributed by atoms with Gasteiger partial charge in [0.25, 0.3) is 5.56 Å². The predicted molar refractivity (Wildman–Crippen MR) is 123 cm³/mol. The largest absolute Gasteiger partial charge is 0.355 e. The first kappa shape index (κ1) is 20.2. The highest BCUT2D eigenvalue weighted by atomic mass is 32.2. The van der Waals surface area contributed by atoms with Crippen molar-refractivity contribution in [2.45, 2.75) is 37.9 Å². The van der Waals surface area contributed by atoms with Crippen LogP contribution in [-0.4, -0.2) is 42.8 Å². The topological polar surface area (TPSA) is 105 Å². The van der Waals surface area contributed by atoms with Crippen molar-refractivity contribution in [2.75, 3.05) is 12.3 Å². The summed E-state index contributed by atoms with van der Waals surface area (Å²) in [6.45, 7) is 0.497. The summed E-state index contributed by atoms with van der Waals surface area (Å²) in [6.07, 6.45) is 6.86. The number of H-pyrrole nitrogens is 1. The van der Waals surface area contributed by atoms with Gasteiger partial charge in [0.2, 0.25) is 5.91 Å². The fourth-order valence-corrected chi connectivity index (χ4v) is 5.94. The van der Waals surface area contributed by atoms with Crippen molar-refractivity contribution >= 4 is 44.9 Å². The van der Waals surface area contributed by atoms with E-state index in [1.54, 1.807) is 11.3 Å². The van der Waals surface area contributed by atoms with E-state index in [9.17, 15) is 9.59 Å². The SMILES string of the molecule is O=C(CSCc1nc2sc3c(c2c(=O)[nH]1)CCCC3)NCCc1nnc2ccccn12. The monoisotopic (exact) mass is 454 g/mol. The van der Waals surface area contributed by atoms with Crippen LogP contribution in [0.1, 0.15) is 34.9 Å². The first-order valence-corrected chi connectivity index (χ1v) is 12.3. The van der Waals surface area contributed by atoms with Crippen LogP contribution in [0.25, 0.3) is 15.9 Å². The Bertz CT molecular complexity index is 1310. The fraction of sp³-hybridized carbons (Fsp3) is 0.381. The standard InChI is InChI=1S/C21H22N6O2S2/c28-18(22-9-8-17-26-25-16-7-3-4-10-27(16)17)12-30-11-15-23-20(29)19-13-5-1-2-6-14(13)31-21(19)24-15/h3-4,7,10H,1-2,5-6,8-9,11-12H2,(H,22,28)(H,23,24,29). The predicted octanol–water partition coefficient (Wildman–Crippen LogP) is 2.50. The van der Waals surface area contributed by atoms with Gasteiger partial charge in [0.15, 0.2) is 5.65 Å². The van der Waals surface area contributed by atoms with E-state index >= 15 is 0 Å². The van der Waals surface area contributed by atoms with Crippen LogP contribution in [0, 0.1) is 0 Å². The lowest BCUT2D eigenvalue weighted by Gasteiger charge is -2.09. The minimum atomic E-state index is -0.0509. The Morgan fingerprint density at radius 2 is 2.16 bits per heavy atom. The molecule has 2 N–H and O–H groups in total. The Hall–Kier alpha value is -2.72. The molecular formula is C21H22N6O2S2. The summed E-state index contributed by atoms with van der Waals surface area (Å²) >= 11 is 3.09. The second-order valence-corrected chi connectivity index (χ2v) is 9.61. The molecule has 1 amide bonds. The molecule has 1 aliphatic carbocycles. The van der Waals surface area contributed by atoms with Gasteiger partial charge in [0.1, 0.15) is 16.5 Å². The minimum absolute atomic E-state index is 0.0474. The number of rotatable bonds is 7. The van der Waals surface area contributed by atoms with E-state index in [1.807, 2.05) is 28.8 Å². The molecule has 1 aliphatic rings. The van der Waals surface area contributed by atoms with Crippen molar-refractivity contribution in [3.8, 4) is 0 Å². The van der Waals surface area contributed by atoms with Crippen LogP contribution < -0.4 is 10.9 Å². The van der Waals surface area contributed by atoms with Crippen molar-refractivity contribution in [1.82, 2.24) is 29.9 Å². The van der Waals surface area contributed by atoms with Gasteiger partial charge in [-0.15, -0.1) is 33.3 Å². The van der Waals surface area contributed by atoms with E-state index < -0.39 is 0 Å². The third-order valence-electron chi connectivity index (χ3n) is 5.40. The summed E-state index contributed by atoms with van der Waals surface area (Å²) in [6, 6.07) is 5.74. The molecule has 0 bridgehead atoms. The molecule has 0 aliphatic heterocycles. The molecule has 10 heteroatoms. The Labute approximate surface area is 186 Å². The number of amides is 1. The quantitative estimate of drug-likeness (QED) is 0.445. The zero-order valence-corrected chi connectivity index (χ0v) is 18.5. The molecule has 8 nitrogen and oxygen atoms in total. The number of aryl methyl sites for hydroxylation is 2. The molecule has 5 rings (SSSR count). The van der Waals surface area contributed by atoms with Crippen LogP contribution in [0.4, 0.5) is 0 Å². The number of aromatic amines is 1. The smallest absolute Gasteiger partial charge is 0.259 e. The zero-order chi connectivity index (χ0) is 21.2. The van der Waals surface area contributed by atoms with Crippen LogP contribution in [0.15, 0.2) is 29.2 Å². The van der Waals surface area contributed by atoms with Crippen molar-refractivity contribution < 1.29 is 4.79 Å². The molecule has 0 saturated carbocycles. The van der Waals surface area contributed by atoms with Crippen molar-refractivity contribution in [2.24, 2.45) is 0 Å². The van der Waals surface area contributed by atoms with Gasteiger partial charge in [0, 0.05) is 24.0 Å². The van der Waals surface area contributed by atoms with E-state index in [0.29, 0.717) is 30.3 Å². The van der Waals surface area contributed by atoms with E-state index in [-0.39, 0.29) is 11.5 Å². The second-order valence-electron chi connectivity index (χ2n) is 7.54. The third-order valence-corrected chi connectivity index (χ3v) is 7.53. The molecule has 0 radical (unpaired) electrons. The van der Waals surface area contributed by atoms with Crippen molar-refractivity contribution in [3.63, 3.8) is 0 Å². The van der Waals surface area contributed by atoms with Gasteiger partial charge in [-0.05, 0) is 43.4 Å². The number of aromatic nitrogens is 5. The van der Waals surface area contributed by atoms with E-state index in [2.05, 4.69) is 25.5 Å². The number of carbonyl (C=O) groups is 1. The first-order valence-electron chi connectivity index (χ1n) is 10.4. The van der Waals surface area contributed by atoms with Gasteiger partial charge in [-0.2, -0.15) is 0 Å². The van der Waals surface area contributed by atoms with Gasteiger partial charge in [-0.1, -0.05) is 6.07 Å². The van der Waals surface area contributed by atoms with Crippen LogP contribution in [0.3, 0.4) is 0 Å². The normalized spacial score (nSPS) is 13.5. The highest BCUT2D eigenvalue weighted by molar-refractivity contribution is 7.99. The van der Waals surface area contributed by atoms with Gasteiger partial charge >= 0.3 is 0 Å². The first-order chi connectivity index (χ1) is 15.2. The number of nitrogens with zero attached hydrogens (tertiary/aromatic N) is 4. The number of nitrogens with one attached hydrogen (secondary N) is 2. The van der Waals surface area contributed by atoms with Gasteiger partial charge < -0.3 is 10.3 Å². The van der Waals surface area contributed by atoms with Crippen LogP contribution in [-0.2, 0) is 29.8 Å². The highest BCUT2D eigenvalue weighted by Crippen LogP contribution is 2.33. The summed E-state index contributed by atoms with van der Waals surface area (Å²) in [5.41, 5.74) is 1.94. The molecule has 0 saturated heterocycles. The summed E-state index contributed by atoms with van der Waals surface area (Å²) in [5.74, 6) is 2.20. The highest BCUT2D eigenvalue weighted by Gasteiger charge is 2.19. The number of pyridine rings is 1. The van der Waals surface area contributed by atoms with E-state index in [1.165, 1.54) is 28.6 Å². The zero-order valence-electron chi connectivity index (χ0n) is 16.9. The molecular weight excluding hydrogens is 432 g/mol. The van der Waals surface area contributed by atoms with Crippen LogP contribution in [0.5, 0.6) is 0 Å². The molecule has 0 atom stereocenters. The lowest BCUT2D eigenvalue weighted by molar-refractivity contribution is -0.118. The van der Waals surface area contributed by atoms with Gasteiger partial charge in [-0.25, -0.2) is 4.98 Å². The molecule has 160 valence electrons. The minimum Gasteiger partial charge on any atom is -0.355 e.